The van der Waals surface area contributed by atoms with Gasteiger partial charge in [-0.3, -0.25) is 0 Å². The highest BCUT2D eigenvalue weighted by molar-refractivity contribution is 6.32. The molecule has 2 aromatic heterocycles. The van der Waals surface area contributed by atoms with E-state index in [9.17, 15) is 0 Å². The zero-order valence-corrected chi connectivity index (χ0v) is 20.9. The predicted octanol–water partition coefficient (Wildman–Crippen LogP) is 9.08. The molecular formula is C35H21N3O. The summed E-state index contributed by atoms with van der Waals surface area (Å²) < 4.78 is 6.50. The van der Waals surface area contributed by atoms with Crippen molar-refractivity contribution in [2.24, 2.45) is 0 Å². The van der Waals surface area contributed by atoms with E-state index in [-0.39, 0.29) is 0 Å². The topological polar surface area (TPSA) is 51.8 Å². The van der Waals surface area contributed by atoms with E-state index in [2.05, 4.69) is 54.6 Å². The van der Waals surface area contributed by atoms with E-state index in [1.165, 1.54) is 0 Å². The van der Waals surface area contributed by atoms with Gasteiger partial charge in [0, 0.05) is 38.2 Å². The third-order valence-corrected chi connectivity index (χ3v) is 7.31. The maximum absolute atomic E-state index is 6.50. The Morgan fingerprint density at radius 2 is 0.897 bits per heavy atom. The first-order valence-corrected chi connectivity index (χ1v) is 13.0. The Labute approximate surface area is 224 Å². The van der Waals surface area contributed by atoms with Gasteiger partial charge in [0.2, 0.25) is 0 Å². The molecule has 0 unspecified atom stereocenters. The van der Waals surface area contributed by atoms with Crippen LogP contribution in [0.1, 0.15) is 0 Å². The van der Waals surface area contributed by atoms with Gasteiger partial charge in [0.15, 0.2) is 17.5 Å². The second-order valence-corrected chi connectivity index (χ2v) is 9.61. The molecule has 8 rings (SSSR count). The fraction of sp³-hybridized carbons (Fsp3) is 0. The van der Waals surface area contributed by atoms with Crippen LogP contribution in [0.4, 0.5) is 0 Å². The Balaban J connectivity index is 1.50. The van der Waals surface area contributed by atoms with E-state index in [4.69, 9.17) is 19.4 Å². The van der Waals surface area contributed by atoms with Crippen molar-refractivity contribution in [3.8, 4) is 34.2 Å². The van der Waals surface area contributed by atoms with Gasteiger partial charge in [0.25, 0.3) is 0 Å². The highest BCUT2D eigenvalue weighted by Crippen LogP contribution is 2.43. The van der Waals surface area contributed by atoms with Crippen molar-refractivity contribution >= 4 is 43.5 Å². The lowest BCUT2D eigenvalue weighted by molar-refractivity contribution is 0.673. The molecule has 0 aliphatic carbocycles. The predicted molar refractivity (Wildman–Crippen MR) is 158 cm³/mol. The Kier molecular flexibility index (Phi) is 4.79. The third-order valence-electron chi connectivity index (χ3n) is 7.31. The van der Waals surface area contributed by atoms with E-state index in [0.29, 0.717) is 17.5 Å². The van der Waals surface area contributed by atoms with Crippen LogP contribution in [0.15, 0.2) is 132 Å². The monoisotopic (exact) mass is 499 g/mol. The van der Waals surface area contributed by atoms with Crippen LogP contribution in [0.25, 0.3) is 77.6 Å². The minimum Gasteiger partial charge on any atom is -0.455 e. The molecule has 0 aliphatic heterocycles. The normalized spacial score (nSPS) is 11.6. The number of hydrogen-bond acceptors (Lipinski definition) is 4. The number of furan rings is 1. The van der Waals surface area contributed by atoms with Crippen molar-refractivity contribution in [2.75, 3.05) is 0 Å². The summed E-state index contributed by atoms with van der Waals surface area (Å²) in [6, 6.07) is 43.2. The summed E-state index contributed by atoms with van der Waals surface area (Å²) in [5.74, 6) is 1.92. The van der Waals surface area contributed by atoms with Gasteiger partial charge in [0.05, 0.1) is 0 Å². The minimum absolute atomic E-state index is 0.633. The molecule has 6 aromatic carbocycles. The number of hydrogen-bond donors (Lipinski definition) is 0. The molecular weight excluding hydrogens is 478 g/mol. The number of aromatic nitrogens is 3. The minimum atomic E-state index is 0.633. The lowest BCUT2D eigenvalue weighted by Gasteiger charge is -2.13. The van der Waals surface area contributed by atoms with E-state index in [0.717, 1.165) is 60.2 Å². The molecule has 2 heterocycles. The molecule has 0 aliphatic rings. The van der Waals surface area contributed by atoms with Gasteiger partial charge in [-0.05, 0) is 16.8 Å². The lowest BCUT2D eigenvalue weighted by Crippen LogP contribution is -2.00. The maximum atomic E-state index is 6.50. The molecule has 0 radical (unpaired) electrons. The number of rotatable bonds is 3. The first-order valence-electron chi connectivity index (χ1n) is 13.0. The van der Waals surface area contributed by atoms with Crippen LogP contribution in [0.5, 0.6) is 0 Å². The Morgan fingerprint density at radius 3 is 1.56 bits per heavy atom. The maximum Gasteiger partial charge on any atom is 0.164 e. The molecule has 0 N–H and O–H groups in total. The van der Waals surface area contributed by atoms with Crippen molar-refractivity contribution < 1.29 is 4.42 Å². The number of fused-ring (bicyclic) bond motifs is 8. The fourth-order valence-electron chi connectivity index (χ4n) is 5.57. The van der Waals surface area contributed by atoms with Gasteiger partial charge in [0.1, 0.15) is 11.2 Å². The standard InChI is InChI=1S/C35H21N3O/c1-3-12-22(13-4-1)33-36-34(23-14-5-2-6-15-23)38-35(37-33)28-20-11-19-27-30(28)24-16-7-8-17-25(24)31-26-18-9-10-21-29(26)39-32(27)31/h1-21H. The summed E-state index contributed by atoms with van der Waals surface area (Å²) in [4.78, 5) is 14.9. The quantitative estimate of drug-likeness (QED) is 0.228. The molecule has 4 nitrogen and oxygen atoms in total. The molecule has 0 amide bonds. The summed E-state index contributed by atoms with van der Waals surface area (Å²) in [7, 11) is 0. The van der Waals surface area contributed by atoms with Crippen LogP contribution in [0, 0.1) is 0 Å². The molecule has 4 heteroatoms. The molecule has 0 bridgehead atoms. The highest BCUT2D eigenvalue weighted by atomic mass is 16.3. The number of para-hydroxylation sites is 1. The molecule has 0 spiro atoms. The van der Waals surface area contributed by atoms with Crippen molar-refractivity contribution in [2.45, 2.75) is 0 Å². The second kappa shape index (κ2) is 8.61. The van der Waals surface area contributed by atoms with E-state index in [1.807, 2.05) is 72.8 Å². The summed E-state index contributed by atoms with van der Waals surface area (Å²) in [5.41, 5.74) is 4.61. The first-order chi connectivity index (χ1) is 19.3. The van der Waals surface area contributed by atoms with Gasteiger partial charge in [-0.15, -0.1) is 0 Å². The zero-order valence-electron chi connectivity index (χ0n) is 20.9. The van der Waals surface area contributed by atoms with Crippen LogP contribution < -0.4 is 0 Å². The molecule has 8 aromatic rings. The second-order valence-electron chi connectivity index (χ2n) is 9.61. The molecule has 0 fully saturated rings. The zero-order chi connectivity index (χ0) is 25.8. The van der Waals surface area contributed by atoms with Crippen LogP contribution in [0.2, 0.25) is 0 Å². The average Bonchev–Trinajstić information content (AvgIpc) is 3.42. The van der Waals surface area contributed by atoms with Gasteiger partial charge in [-0.2, -0.15) is 0 Å². The van der Waals surface area contributed by atoms with Gasteiger partial charge >= 0.3 is 0 Å². The van der Waals surface area contributed by atoms with Crippen LogP contribution in [0.3, 0.4) is 0 Å². The number of nitrogens with zero attached hydrogens (tertiary/aromatic N) is 3. The van der Waals surface area contributed by atoms with Crippen molar-refractivity contribution in [3.05, 3.63) is 127 Å². The lowest BCUT2D eigenvalue weighted by atomic mass is 9.93. The molecule has 0 atom stereocenters. The molecule has 182 valence electrons. The summed E-state index contributed by atoms with van der Waals surface area (Å²) in [5, 5.41) is 6.66. The van der Waals surface area contributed by atoms with E-state index < -0.39 is 0 Å². The Bertz CT molecular complexity index is 2110. The SMILES string of the molecule is c1ccc(-c2nc(-c3ccccc3)nc(-c3cccc4c5oc6ccccc6c5c5ccccc5c34)n2)cc1. The summed E-state index contributed by atoms with van der Waals surface area (Å²) in [6.45, 7) is 0. The van der Waals surface area contributed by atoms with Crippen molar-refractivity contribution in [1.82, 2.24) is 15.0 Å². The van der Waals surface area contributed by atoms with Crippen molar-refractivity contribution in [3.63, 3.8) is 0 Å². The van der Waals surface area contributed by atoms with Crippen LogP contribution in [-0.4, -0.2) is 15.0 Å². The summed E-state index contributed by atoms with van der Waals surface area (Å²) >= 11 is 0. The molecule has 0 saturated carbocycles. The fourth-order valence-corrected chi connectivity index (χ4v) is 5.57. The van der Waals surface area contributed by atoms with Gasteiger partial charge < -0.3 is 4.42 Å². The highest BCUT2D eigenvalue weighted by Gasteiger charge is 2.20. The van der Waals surface area contributed by atoms with Gasteiger partial charge in [-0.1, -0.05) is 121 Å². The van der Waals surface area contributed by atoms with E-state index in [1.54, 1.807) is 0 Å². The van der Waals surface area contributed by atoms with E-state index >= 15 is 0 Å². The smallest absolute Gasteiger partial charge is 0.164 e. The largest absolute Gasteiger partial charge is 0.455 e. The molecule has 39 heavy (non-hydrogen) atoms. The van der Waals surface area contributed by atoms with Crippen LogP contribution in [-0.2, 0) is 0 Å². The summed E-state index contributed by atoms with van der Waals surface area (Å²) in [6.07, 6.45) is 0. The van der Waals surface area contributed by atoms with Crippen molar-refractivity contribution in [1.29, 1.82) is 0 Å². The van der Waals surface area contributed by atoms with Crippen LogP contribution >= 0.6 is 0 Å². The Morgan fingerprint density at radius 1 is 0.385 bits per heavy atom. The Hall–Kier alpha value is -5.35. The molecule has 0 saturated heterocycles. The third kappa shape index (κ3) is 3.42. The number of benzene rings is 6. The average molecular weight is 500 g/mol. The first kappa shape index (κ1) is 21.7. The van der Waals surface area contributed by atoms with Gasteiger partial charge in [-0.25, -0.2) is 15.0 Å².